The minimum atomic E-state index is -0.559. The van der Waals surface area contributed by atoms with Gasteiger partial charge in [0.1, 0.15) is 11.4 Å². The Morgan fingerprint density at radius 3 is 2.64 bits per heavy atom. The number of rotatable bonds is 8. The van der Waals surface area contributed by atoms with Crippen molar-refractivity contribution < 1.29 is 14.6 Å². The van der Waals surface area contributed by atoms with Gasteiger partial charge in [0, 0.05) is 12.6 Å². The second kappa shape index (κ2) is 11.3. The summed E-state index contributed by atoms with van der Waals surface area (Å²) in [5.74, 6) is 6.61. The third-order valence-corrected chi connectivity index (χ3v) is 3.77. The van der Waals surface area contributed by atoms with Crippen LogP contribution in [0.15, 0.2) is 0 Å². The van der Waals surface area contributed by atoms with E-state index in [0.717, 1.165) is 19.3 Å². The highest BCUT2D eigenvalue weighted by Crippen LogP contribution is 2.19. The third-order valence-electron chi connectivity index (χ3n) is 3.77. The lowest BCUT2D eigenvalue weighted by Gasteiger charge is -2.20. The van der Waals surface area contributed by atoms with E-state index < -0.39 is 11.7 Å². The minimum Gasteiger partial charge on any atom is -0.444 e. The summed E-state index contributed by atoms with van der Waals surface area (Å²) in [7, 11) is 0. The van der Waals surface area contributed by atoms with Gasteiger partial charge in [0.2, 0.25) is 5.95 Å². The maximum Gasteiger partial charge on any atom is 0.408 e. The number of carbonyl (C=O) groups is 1. The van der Waals surface area contributed by atoms with Crippen LogP contribution in [0.1, 0.15) is 64.6 Å². The Morgan fingerprint density at radius 2 is 2.04 bits per heavy atom. The third kappa shape index (κ3) is 8.91. The number of nitrogens with zero attached hydrogens (tertiary/aromatic N) is 2. The molecule has 8 heteroatoms. The van der Waals surface area contributed by atoms with Gasteiger partial charge in [0.05, 0.1) is 17.8 Å². The maximum atomic E-state index is 11.7. The monoisotopic (exact) mass is 391 g/mol. The number of nitrogen functional groups attached to an aromatic ring is 1. The summed E-state index contributed by atoms with van der Waals surface area (Å²) in [6.07, 6.45) is 3.10. The molecule has 0 aromatic carbocycles. The summed E-state index contributed by atoms with van der Waals surface area (Å²) in [6, 6.07) is 0.0686. The number of carbonyl (C=O) groups excluding carboxylic acids is 1. The van der Waals surface area contributed by atoms with Gasteiger partial charge in [-0.25, -0.2) is 9.78 Å². The van der Waals surface area contributed by atoms with Crippen LogP contribution in [-0.4, -0.2) is 46.0 Å². The van der Waals surface area contributed by atoms with E-state index in [1.165, 1.54) is 0 Å². The van der Waals surface area contributed by atoms with Crippen molar-refractivity contribution in [2.45, 2.75) is 71.9 Å². The van der Waals surface area contributed by atoms with Gasteiger partial charge in [-0.1, -0.05) is 31.6 Å². The number of aliphatic hydroxyl groups excluding tert-OH is 1. The predicted molar refractivity (Wildman–Crippen MR) is 111 cm³/mol. The molecule has 1 heterocycles. The van der Waals surface area contributed by atoms with E-state index in [1.807, 2.05) is 6.92 Å². The van der Waals surface area contributed by atoms with E-state index in [2.05, 4.69) is 39.4 Å². The number of aliphatic hydroxyl groups is 1. The molecule has 0 aliphatic heterocycles. The molecule has 1 rings (SSSR count). The van der Waals surface area contributed by atoms with Crippen molar-refractivity contribution in [2.24, 2.45) is 0 Å². The van der Waals surface area contributed by atoms with E-state index in [1.54, 1.807) is 20.8 Å². The average Bonchev–Trinajstić information content (AvgIpc) is 2.56. The molecular formula is C20H33N5O3. The molecule has 1 aromatic rings. The first-order valence-electron chi connectivity index (χ1n) is 9.63. The van der Waals surface area contributed by atoms with E-state index in [0.29, 0.717) is 23.5 Å². The van der Waals surface area contributed by atoms with Crippen molar-refractivity contribution in [3.63, 3.8) is 0 Å². The van der Waals surface area contributed by atoms with Crippen molar-refractivity contribution in [1.82, 2.24) is 15.3 Å². The highest BCUT2D eigenvalue weighted by molar-refractivity contribution is 5.68. The van der Waals surface area contributed by atoms with Crippen LogP contribution in [-0.2, 0) is 4.74 Å². The first kappa shape index (κ1) is 23.5. The molecule has 1 atom stereocenters. The molecule has 0 unspecified atom stereocenters. The number of aromatic nitrogens is 2. The van der Waals surface area contributed by atoms with Crippen LogP contribution in [0.3, 0.4) is 0 Å². The second-order valence-electron chi connectivity index (χ2n) is 7.54. The topological polar surface area (TPSA) is 122 Å². The Bertz CT molecular complexity index is 704. The fourth-order valence-corrected chi connectivity index (χ4v) is 2.50. The summed E-state index contributed by atoms with van der Waals surface area (Å²) in [5, 5.41) is 15.3. The standard InChI is InChI=1S/C20H33N5O3/c1-6-7-9-15(11-13-26)24-17-16(14(2)23-18(21)25-17)10-8-12-22-19(27)28-20(3,4)5/h15,26H,6-7,9,11-13H2,1-5H3,(H,22,27)(H3,21,23,24,25)/t15-/m0/s1. The zero-order valence-electron chi connectivity index (χ0n) is 17.6. The Kier molecular flexibility index (Phi) is 9.52. The van der Waals surface area contributed by atoms with Crippen LogP contribution >= 0.6 is 0 Å². The van der Waals surface area contributed by atoms with Gasteiger partial charge < -0.3 is 26.2 Å². The summed E-state index contributed by atoms with van der Waals surface area (Å²) < 4.78 is 5.18. The van der Waals surface area contributed by atoms with Crippen LogP contribution in [0, 0.1) is 18.8 Å². The van der Waals surface area contributed by atoms with E-state index in [-0.39, 0.29) is 25.1 Å². The van der Waals surface area contributed by atoms with Crippen molar-refractivity contribution >= 4 is 17.9 Å². The van der Waals surface area contributed by atoms with E-state index in [4.69, 9.17) is 10.5 Å². The summed E-state index contributed by atoms with van der Waals surface area (Å²) in [6.45, 7) is 9.54. The lowest BCUT2D eigenvalue weighted by Crippen LogP contribution is -2.32. The number of aryl methyl sites for hydroxylation is 1. The number of amides is 1. The van der Waals surface area contributed by atoms with Crippen molar-refractivity contribution in [3.8, 4) is 11.8 Å². The number of nitrogens with one attached hydrogen (secondary N) is 2. The van der Waals surface area contributed by atoms with Crippen molar-refractivity contribution in [1.29, 1.82) is 0 Å². The predicted octanol–water partition coefficient (Wildman–Crippen LogP) is 2.60. The molecule has 28 heavy (non-hydrogen) atoms. The van der Waals surface area contributed by atoms with Gasteiger partial charge in [-0.2, -0.15) is 4.98 Å². The quantitative estimate of drug-likeness (QED) is 0.502. The van der Waals surface area contributed by atoms with Gasteiger partial charge in [-0.15, -0.1) is 0 Å². The normalized spacial score (nSPS) is 11.9. The molecule has 0 bridgehead atoms. The molecular weight excluding hydrogens is 358 g/mol. The number of nitrogens with two attached hydrogens (primary N) is 1. The van der Waals surface area contributed by atoms with Crippen LogP contribution < -0.4 is 16.4 Å². The lowest BCUT2D eigenvalue weighted by atomic mass is 10.1. The minimum absolute atomic E-state index is 0.0686. The molecule has 0 aliphatic carbocycles. The molecule has 156 valence electrons. The van der Waals surface area contributed by atoms with E-state index in [9.17, 15) is 9.90 Å². The fourth-order valence-electron chi connectivity index (χ4n) is 2.50. The van der Waals surface area contributed by atoms with Gasteiger partial charge >= 0.3 is 6.09 Å². The number of hydrogen-bond donors (Lipinski definition) is 4. The largest absolute Gasteiger partial charge is 0.444 e. The Balaban J connectivity index is 2.90. The SMILES string of the molecule is CCCC[C@@H](CCO)Nc1nc(N)nc(C)c1C#CCNC(=O)OC(C)(C)C. The number of alkyl carbamates (subject to hydrolysis) is 1. The first-order valence-corrected chi connectivity index (χ1v) is 9.63. The number of ether oxygens (including phenoxy) is 1. The van der Waals surface area contributed by atoms with Crippen LogP contribution in [0.25, 0.3) is 0 Å². The van der Waals surface area contributed by atoms with Gasteiger partial charge in [-0.05, 0) is 40.5 Å². The zero-order chi connectivity index (χ0) is 21.2. The molecule has 8 nitrogen and oxygen atoms in total. The molecule has 1 aromatic heterocycles. The number of unbranched alkanes of at least 4 members (excludes halogenated alkanes) is 1. The second-order valence-corrected chi connectivity index (χ2v) is 7.54. The van der Waals surface area contributed by atoms with Gasteiger partial charge in [0.25, 0.3) is 0 Å². The molecule has 0 fully saturated rings. The fraction of sp³-hybridized carbons (Fsp3) is 0.650. The first-order chi connectivity index (χ1) is 13.2. The van der Waals surface area contributed by atoms with Crippen LogP contribution in [0.5, 0.6) is 0 Å². The molecule has 0 saturated heterocycles. The highest BCUT2D eigenvalue weighted by atomic mass is 16.6. The lowest BCUT2D eigenvalue weighted by molar-refractivity contribution is 0.0535. The number of anilines is 2. The average molecular weight is 392 g/mol. The zero-order valence-corrected chi connectivity index (χ0v) is 17.6. The Labute approximate surface area is 167 Å². The smallest absolute Gasteiger partial charge is 0.408 e. The van der Waals surface area contributed by atoms with E-state index >= 15 is 0 Å². The maximum absolute atomic E-state index is 11.7. The molecule has 1 amide bonds. The summed E-state index contributed by atoms with van der Waals surface area (Å²) >= 11 is 0. The highest BCUT2D eigenvalue weighted by Gasteiger charge is 2.16. The molecule has 0 radical (unpaired) electrons. The molecule has 0 aliphatic rings. The molecule has 0 spiro atoms. The van der Waals surface area contributed by atoms with Crippen molar-refractivity contribution in [2.75, 3.05) is 24.2 Å². The van der Waals surface area contributed by atoms with Gasteiger partial charge in [0.15, 0.2) is 0 Å². The van der Waals surface area contributed by atoms with Crippen molar-refractivity contribution in [3.05, 3.63) is 11.3 Å². The van der Waals surface area contributed by atoms with Gasteiger partial charge in [-0.3, -0.25) is 0 Å². The number of hydrogen-bond acceptors (Lipinski definition) is 7. The Morgan fingerprint density at radius 1 is 1.32 bits per heavy atom. The van der Waals surface area contributed by atoms with Crippen LogP contribution in [0.4, 0.5) is 16.6 Å². The summed E-state index contributed by atoms with van der Waals surface area (Å²) in [5.41, 5.74) is 6.51. The Hall–Kier alpha value is -2.53. The summed E-state index contributed by atoms with van der Waals surface area (Å²) in [4.78, 5) is 20.1. The van der Waals surface area contributed by atoms with Crippen LogP contribution in [0.2, 0.25) is 0 Å². The molecule has 5 N–H and O–H groups in total. The molecule has 0 saturated carbocycles.